The maximum Gasteiger partial charge on any atom is 0.245 e. The highest BCUT2D eigenvalue weighted by Gasteiger charge is 2.23. The molecule has 0 bridgehead atoms. The van der Waals surface area contributed by atoms with Crippen LogP contribution in [-0.4, -0.2) is 42.8 Å². The van der Waals surface area contributed by atoms with Gasteiger partial charge in [0.1, 0.15) is 11.9 Å². The van der Waals surface area contributed by atoms with Gasteiger partial charge in [-0.3, -0.25) is 14.6 Å². The normalized spacial score (nSPS) is 20.9. The standard InChI is InChI=1S/C13H25N5O2/c1-8(2)6-10(13(20)17-7-11(14)19)18-12(15)9-4-3-5-16-9/h8-10,16H,3-7H2,1-2H3,(H2,14,19)(H2,15,18)(H,17,20)/t9-,10-/m0/s1. The summed E-state index contributed by atoms with van der Waals surface area (Å²) in [6.07, 6.45) is 2.58. The van der Waals surface area contributed by atoms with Crippen molar-refractivity contribution < 1.29 is 9.59 Å². The van der Waals surface area contributed by atoms with Crippen LogP contribution in [0.2, 0.25) is 0 Å². The SMILES string of the molecule is CC(C)C[C@H](N=C(N)[C@@H]1CCCN1)C(=O)NCC(N)=O. The van der Waals surface area contributed by atoms with Gasteiger partial charge in [0.05, 0.1) is 12.6 Å². The van der Waals surface area contributed by atoms with Gasteiger partial charge in [0, 0.05) is 0 Å². The fraction of sp³-hybridized carbons (Fsp3) is 0.769. The monoisotopic (exact) mass is 283 g/mol. The zero-order valence-electron chi connectivity index (χ0n) is 12.2. The van der Waals surface area contributed by atoms with Gasteiger partial charge in [-0.25, -0.2) is 0 Å². The molecule has 1 aliphatic heterocycles. The van der Waals surface area contributed by atoms with Crippen LogP contribution in [0.4, 0.5) is 0 Å². The van der Waals surface area contributed by atoms with Crippen molar-refractivity contribution >= 4 is 17.6 Å². The number of carbonyl (C=O) groups is 2. The average Bonchev–Trinajstić information content (AvgIpc) is 2.88. The number of amides is 2. The van der Waals surface area contributed by atoms with E-state index in [1.54, 1.807) is 0 Å². The fourth-order valence-electron chi connectivity index (χ4n) is 2.16. The van der Waals surface area contributed by atoms with Crippen LogP contribution in [0.15, 0.2) is 4.99 Å². The summed E-state index contributed by atoms with van der Waals surface area (Å²) in [7, 11) is 0. The van der Waals surface area contributed by atoms with Gasteiger partial charge in [-0.05, 0) is 31.7 Å². The summed E-state index contributed by atoms with van der Waals surface area (Å²) < 4.78 is 0. The summed E-state index contributed by atoms with van der Waals surface area (Å²) >= 11 is 0. The molecular formula is C13H25N5O2. The maximum atomic E-state index is 12.0. The Morgan fingerprint density at radius 3 is 2.60 bits per heavy atom. The molecule has 0 spiro atoms. The Balaban J connectivity index is 2.69. The largest absolute Gasteiger partial charge is 0.386 e. The van der Waals surface area contributed by atoms with Gasteiger partial charge in [-0.2, -0.15) is 0 Å². The Morgan fingerprint density at radius 2 is 2.10 bits per heavy atom. The third kappa shape index (κ3) is 5.56. The minimum atomic E-state index is -0.573. The lowest BCUT2D eigenvalue weighted by Crippen LogP contribution is -2.43. The van der Waals surface area contributed by atoms with E-state index in [1.165, 1.54) is 0 Å². The first-order valence-electron chi connectivity index (χ1n) is 7.02. The summed E-state index contributed by atoms with van der Waals surface area (Å²) in [6, 6.07) is -0.523. The molecule has 2 atom stereocenters. The second kappa shape index (κ2) is 7.84. The number of hydrogen-bond acceptors (Lipinski definition) is 4. The van der Waals surface area contributed by atoms with Gasteiger partial charge in [0.25, 0.3) is 0 Å². The quantitative estimate of drug-likeness (QED) is 0.357. The molecule has 20 heavy (non-hydrogen) atoms. The van der Waals surface area contributed by atoms with Crippen molar-refractivity contribution in [1.29, 1.82) is 0 Å². The Kier molecular flexibility index (Phi) is 6.44. The van der Waals surface area contributed by atoms with E-state index >= 15 is 0 Å². The number of nitrogens with two attached hydrogens (primary N) is 2. The highest BCUT2D eigenvalue weighted by molar-refractivity contribution is 5.91. The number of carbonyl (C=O) groups excluding carboxylic acids is 2. The zero-order valence-corrected chi connectivity index (χ0v) is 12.2. The molecule has 1 rings (SSSR count). The molecule has 1 heterocycles. The van der Waals surface area contributed by atoms with Crippen molar-refractivity contribution in [2.75, 3.05) is 13.1 Å². The third-order valence-electron chi connectivity index (χ3n) is 3.16. The smallest absolute Gasteiger partial charge is 0.245 e. The molecule has 7 heteroatoms. The lowest BCUT2D eigenvalue weighted by atomic mass is 10.0. The van der Waals surface area contributed by atoms with Crippen LogP contribution in [-0.2, 0) is 9.59 Å². The van der Waals surface area contributed by atoms with Crippen LogP contribution < -0.4 is 22.1 Å². The molecule has 0 aromatic rings. The Morgan fingerprint density at radius 1 is 1.40 bits per heavy atom. The zero-order chi connectivity index (χ0) is 15.1. The van der Waals surface area contributed by atoms with Gasteiger partial charge in [-0.15, -0.1) is 0 Å². The first-order valence-corrected chi connectivity index (χ1v) is 7.02. The number of nitrogens with zero attached hydrogens (tertiary/aromatic N) is 1. The van der Waals surface area contributed by atoms with E-state index in [0.717, 1.165) is 19.4 Å². The summed E-state index contributed by atoms with van der Waals surface area (Å²) in [4.78, 5) is 27.1. The Labute approximate surface area is 119 Å². The molecule has 0 aromatic heterocycles. The van der Waals surface area contributed by atoms with E-state index in [-0.39, 0.29) is 18.5 Å². The fourth-order valence-corrected chi connectivity index (χ4v) is 2.16. The predicted molar refractivity (Wildman–Crippen MR) is 78.1 cm³/mol. The van der Waals surface area contributed by atoms with Crippen LogP contribution in [0.3, 0.4) is 0 Å². The molecule has 0 radical (unpaired) electrons. The molecule has 1 fully saturated rings. The number of nitrogens with one attached hydrogen (secondary N) is 2. The minimum absolute atomic E-state index is 0.0496. The number of rotatable bonds is 7. The van der Waals surface area contributed by atoms with E-state index in [1.807, 2.05) is 13.8 Å². The van der Waals surface area contributed by atoms with Crippen LogP contribution in [0.25, 0.3) is 0 Å². The molecule has 114 valence electrons. The summed E-state index contributed by atoms with van der Waals surface area (Å²) in [5.74, 6) is -0.121. The van der Waals surface area contributed by atoms with Crippen molar-refractivity contribution in [1.82, 2.24) is 10.6 Å². The molecule has 1 saturated heterocycles. The van der Waals surface area contributed by atoms with Crippen LogP contribution in [0.5, 0.6) is 0 Å². The van der Waals surface area contributed by atoms with Gasteiger partial charge < -0.3 is 22.1 Å². The second-order valence-corrected chi connectivity index (χ2v) is 5.53. The molecule has 2 amide bonds. The van der Waals surface area contributed by atoms with Crippen molar-refractivity contribution in [2.45, 2.75) is 45.2 Å². The van der Waals surface area contributed by atoms with Gasteiger partial charge in [-0.1, -0.05) is 13.8 Å². The predicted octanol–water partition coefficient (Wildman–Crippen LogP) is -0.888. The maximum absolute atomic E-state index is 12.0. The van der Waals surface area contributed by atoms with E-state index < -0.39 is 11.9 Å². The first kappa shape index (κ1) is 16.4. The van der Waals surface area contributed by atoms with Gasteiger partial charge >= 0.3 is 0 Å². The Hall–Kier alpha value is -1.63. The van der Waals surface area contributed by atoms with E-state index in [2.05, 4.69) is 15.6 Å². The highest BCUT2D eigenvalue weighted by Crippen LogP contribution is 2.11. The molecule has 6 N–H and O–H groups in total. The lowest BCUT2D eigenvalue weighted by Gasteiger charge is -2.17. The average molecular weight is 283 g/mol. The van der Waals surface area contributed by atoms with Crippen molar-refractivity contribution in [3.63, 3.8) is 0 Å². The number of hydrogen-bond donors (Lipinski definition) is 4. The summed E-state index contributed by atoms with van der Waals surface area (Å²) in [5.41, 5.74) is 11.0. The summed E-state index contributed by atoms with van der Waals surface area (Å²) in [6.45, 7) is 4.76. The molecule has 0 aliphatic carbocycles. The molecule has 7 nitrogen and oxygen atoms in total. The molecule has 1 aliphatic rings. The third-order valence-corrected chi connectivity index (χ3v) is 3.16. The lowest BCUT2D eigenvalue weighted by molar-refractivity contribution is -0.125. The van der Waals surface area contributed by atoms with E-state index in [4.69, 9.17) is 11.5 Å². The van der Waals surface area contributed by atoms with E-state index in [0.29, 0.717) is 18.2 Å². The van der Waals surface area contributed by atoms with Gasteiger partial charge in [0.2, 0.25) is 11.8 Å². The topological polar surface area (TPSA) is 123 Å². The first-order chi connectivity index (χ1) is 9.40. The summed E-state index contributed by atoms with van der Waals surface area (Å²) in [5, 5.41) is 5.73. The highest BCUT2D eigenvalue weighted by atomic mass is 16.2. The Bertz CT molecular complexity index is 375. The molecule has 0 aromatic carbocycles. The van der Waals surface area contributed by atoms with Crippen molar-refractivity contribution in [3.05, 3.63) is 0 Å². The number of primary amides is 1. The number of aliphatic imine (C=N–C) groups is 1. The minimum Gasteiger partial charge on any atom is -0.386 e. The van der Waals surface area contributed by atoms with Crippen LogP contribution in [0, 0.1) is 5.92 Å². The van der Waals surface area contributed by atoms with Crippen molar-refractivity contribution in [3.8, 4) is 0 Å². The number of amidine groups is 1. The van der Waals surface area contributed by atoms with Crippen molar-refractivity contribution in [2.24, 2.45) is 22.4 Å². The van der Waals surface area contributed by atoms with Gasteiger partial charge in [0.15, 0.2) is 0 Å². The molecule has 0 saturated carbocycles. The second-order valence-electron chi connectivity index (χ2n) is 5.53. The molecule has 0 unspecified atom stereocenters. The van der Waals surface area contributed by atoms with Crippen LogP contribution >= 0.6 is 0 Å². The molecular weight excluding hydrogens is 258 g/mol. The van der Waals surface area contributed by atoms with Crippen LogP contribution in [0.1, 0.15) is 33.1 Å². The van der Waals surface area contributed by atoms with E-state index in [9.17, 15) is 9.59 Å².